The van der Waals surface area contributed by atoms with E-state index >= 15 is 0 Å². The second-order valence-corrected chi connectivity index (χ2v) is 7.47. The van der Waals surface area contributed by atoms with E-state index in [2.05, 4.69) is 20.9 Å². The van der Waals surface area contributed by atoms with Crippen molar-refractivity contribution in [1.29, 1.82) is 0 Å². The summed E-state index contributed by atoms with van der Waals surface area (Å²) in [6, 6.07) is 11.9. The van der Waals surface area contributed by atoms with E-state index in [4.69, 9.17) is 4.74 Å². The van der Waals surface area contributed by atoms with Gasteiger partial charge in [-0.15, -0.1) is 0 Å². The van der Waals surface area contributed by atoms with Gasteiger partial charge in [-0.05, 0) is 42.8 Å². The Bertz CT molecular complexity index is 1140. The number of imidazole rings is 1. The molecule has 0 saturated heterocycles. The lowest BCUT2D eigenvalue weighted by molar-refractivity contribution is -0.118. The van der Waals surface area contributed by atoms with Crippen molar-refractivity contribution in [3.8, 4) is 5.75 Å². The zero-order valence-electron chi connectivity index (χ0n) is 17.5. The highest BCUT2D eigenvalue weighted by Crippen LogP contribution is 2.30. The molecule has 0 aliphatic carbocycles. The van der Waals surface area contributed by atoms with Crippen LogP contribution >= 0.6 is 0 Å². The average Bonchev–Trinajstić information content (AvgIpc) is 3.31. The predicted molar refractivity (Wildman–Crippen MR) is 118 cm³/mol. The molecule has 2 aromatic carbocycles. The molecule has 3 amide bonds. The number of fused-ring (bicyclic) bond motifs is 1. The number of hydrogen-bond donors (Lipinski definition) is 3. The number of carbonyl (C=O) groups excluding carboxylic acids is 3. The minimum Gasteiger partial charge on any atom is -0.482 e. The van der Waals surface area contributed by atoms with E-state index in [1.54, 1.807) is 55.1 Å². The Morgan fingerprint density at radius 2 is 2.12 bits per heavy atom. The van der Waals surface area contributed by atoms with Crippen LogP contribution in [0.15, 0.2) is 61.2 Å². The van der Waals surface area contributed by atoms with Crippen molar-refractivity contribution >= 4 is 29.1 Å². The number of nitrogens with one attached hydrogen (secondary N) is 3. The minimum absolute atomic E-state index is 0.00489. The number of aryl methyl sites for hydroxylation is 1. The highest BCUT2D eigenvalue weighted by Gasteiger charge is 2.19. The standard InChI is InChI=1S/C23H23N5O4/c1-15(16-5-6-20-19(12-16)27-22(30)13-32-20)25-23(31)17-3-2-4-18(11-17)26-21(29)7-9-28-10-8-24-14-28/h2-6,8,10-12,14-15H,7,9,13H2,1H3,(H,25,31)(H,26,29)(H,27,30). The van der Waals surface area contributed by atoms with Gasteiger partial charge in [0.25, 0.3) is 11.8 Å². The first-order chi connectivity index (χ1) is 15.5. The molecule has 2 heterocycles. The molecule has 0 spiro atoms. The van der Waals surface area contributed by atoms with E-state index in [-0.39, 0.29) is 30.4 Å². The number of aromatic nitrogens is 2. The van der Waals surface area contributed by atoms with E-state index in [1.165, 1.54) is 0 Å². The first-order valence-corrected chi connectivity index (χ1v) is 10.2. The van der Waals surface area contributed by atoms with Crippen molar-refractivity contribution in [2.24, 2.45) is 0 Å². The fraction of sp³-hybridized carbons (Fsp3) is 0.217. The van der Waals surface area contributed by atoms with E-state index in [0.29, 0.717) is 35.7 Å². The molecule has 3 aromatic rings. The second-order valence-electron chi connectivity index (χ2n) is 7.47. The summed E-state index contributed by atoms with van der Waals surface area (Å²) in [6.07, 6.45) is 5.41. The molecule has 164 valence electrons. The van der Waals surface area contributed by atoms with E-state index in [1.807, 2.05) is 17.6 Å². The highest BCUT2D eigenvalue weighted by atomic mass is 16.5. The summed E-state index contributed by atoms with van der Waals surface area (Å²) in [7, 11) is 0. The van der Waals surface area contributed by atoms with Crippen molar-refractivity contribution in [2.45, 2.75) is 25.9 Å². The summed E-state index contributed by atoms with van der Waals surface area (Å²) >= 11 is 0. The Morgan fingerprint density at radius 1 is 1.25 bits per heavy atom. The zero-order valence-corrected chi connectivity index (χ0v) is 17.5. The Hall–Kier alpha value is -4.14. The van der Waals surface area contributed by atoms with E-state index in [0.717, 1.165) is 5.56 Å². The van der Waals surface area contributed by atoms with Gasteiger partial charge < -0.3 is 25.3 Å². The second kappa shape index (κ2) is 9.34. The maximum atomic E-state index is 12.8. The molecule has 3 N–H and O–H groups in total. The van der Waals surface area contributed by atoms with Crippen LogP contribution in [0.1, 0.15) is 35.3 Å². The first kappa shape index (κ1) is 21.1. The van der Waals surface area contributed by atoms with Crippen molar-refractivity contribution < 1.29 is 19.1 Å². The van der Waals surface area contributed by atoms with Crippen LogP contribution in [0.25, 0.3) is 0 Å². The average molecular weight is 433 g/mol. The summed E-state index contributed by atoms with van der Waals surface area (Å²) in [5, 5.41) is 8.52. The lowest BCUT2D eigenvalue weighted by Gasteiger charge is -2.21. The maximum Gasteiger partial charge on any atom is 0.262 e. The monoisotopic (exact) mass is 433 g/mol. The summed E-state index contributed by atoms with van der Waals surface area (Å²) in [6.45, 7) is 2.37. The van der Waals surface area contributed by atoms with Crippen LogP contribution in [0.5, 0.6) is 5.75 Å². The van der Waals surface area contributed by atoms with Gasteiger partial charge in [0.2, 0.25) is 5.91 Å². The summed E-state index contributed by atoms with van der Waals surface area (Å²) in [5.41, 5.74) is 2.39. The van der Waals surface area contributed by atoms with E-state index < -0.39 is 0 Å². The van der Waals surface area contributed by atoms with E-state index in [9.17, 15) is 14.4 Å². The molecule has 1 aromatic heterocycles. The third kappa shape index (κ3) is 5.12. The van der Waals surface area contributed by atoms with Crippen LogP contribution in [-0.4, -0.2) is 33.9 Å². The van der Waals surface area contributed by atoms with Crippen molar-refractivity contribution in [2.75, 3.05) is 17.2 Å². The fourth-order valence-corrected chi connectivity index (χ4v) is 3.34. The number of carbonyl (C=O) groups is 3. The molecular weight excluding hydrogens is 410 g/mol. The van der Waals surface area contributed by atoms with Gasteiger partial charge in [-0.25, -0.2) is 4.98 Å². The number of hydrogen-bond acceptors (Lipinski definition) is 5. The predicted octanol–water partition coefficient (Wildman–Crippen LogP) is 2.73. The van der Waals surface area contributed by atoms with Crippen LogP contribution < -0.4 is 20.7 Å². The lowest BCUT2D eigenvalue weighted by Crippen LogP contribution is -2.28. The Kier molecular flexibility index (Phi) is 6.16. The van der Waals surface area contributed by atoms with Gasteiger partial charge in [-0.3, -0.25) is 14.4 Å². The largest absolute Gasteiger partial charge is 0.482 e. The van der Waals surface area contributed by atoms with Gasteiger partial charge >= 0.3 is 0 Å². The van der Waals surface area contributed by atoms with Gasteiger partial charge in [0.15, 0.2) is 6.61 Å². The van der Waals surface area contributed by atoms with Gasteiger partial charge in [0, 0.05) is 36.6 Å². The molecule has 1 unspecified atom stereocenters. The molecule has 4 rings (SSSR count). The number of nitrogens with zero attached hydrogens (tertiary/aromatic N) is 2. The molecule has 1 atom stereocenters. The van der Waals surface area contributed by atoms with Gasteiger partial charge in [0.1, 0.15) is 5.75 Å². The molecule has 9 nitrogen and oxygen atoms in total. The third-order valence-electron chi connectivity index (χ3n) is 5.05. The zero-order chi connectivity index (χ0) is 22.5. The lowest BCUT2D eigenvalue weighted by atomic mass is 10.1. The SMILES string of the molecule is CC(NC(=O)c1cccc(NC(=O)CCn2ccnc2)c1)c1ccc2c(c1)NC(=O)CO2. The molecule has 0 radical (unpaired) electrons. The number of ether oxygens (including phenoxy) is 1. The van der Waals surface area contributed by atoms with Gasteiger partial charge in [-0.2, -0.15) is 0 Å². The Morgan fingerprint density at radius 3 is 2.94 bits per heavy atom. The summed E-state index contributed by atoms with van der Waals surface area (Å²) < 4.78 is 7.19. The van der Waals surface area contributed by atoms with Crippen molar-refractivity contribution in [3.63, 3.8) is 0 Å². The molecule has 0 saturated carbocycles. The van der Waals surface area contributed by atoms with Gasteiger partial charge in [0.05, 0.1) is 18.1 Å². The van der Waals surface area contributed by atoms with Crippen LogP contribution in [0, 0.1) is 0 Å². The summed E-state index contributed by atoms with van der Waals surface area (Å²) in [4.78, 5) is 40.5. The topological polar surface area (TPSA) is 114 Å². The molecule has 0 fully saturated rings. The van der Waals surface area contributed by atoms with Crippen LogP contribution in [0.2, 0.25) is 0 Å². The number of rotatable bonds is 7. The molecular formula is C23H23N5O4. The van der Waals surface area contributed by atoms with Crippen molar-refractivity contribution in [1.82, 2.24) is 14.9 Å². The highest BCUT2D eigenvalue weighted by molar-refractivity contribution is 5.97. The van der Waals surface area contributed by atoms with Crippen LogP contribution in [-0.2, 0) is 16.1 Å². The number of anilines is 2. The minimum atomic E-state index is -0.306. The molecule has 1 aliphatic rings. The Balaban J connectivity index is 1.36. The fourth-order valence-electron chi connectivity index (χ4n) is 3.34. The smallest absolute Gasteiger partial charge is 0.262 e. The first-order valence-electron chi connectivity index (χ1n) is 10.2. The number of benzene rings is 2. The van der Waals surface area contributed by atoms with Crippen LogP contribution in [0.3, 0.4) is 0 Å². The maximum absolute atomic E-state index is 12.8. The van der Waals surface area contributed by atoms with Crippen LogP contribution in [0.4, 0.5) is 11.4 Å². The van der Waals surface area contributed by atoms with Crippen molar-refractivity contribution in [3.05, 3.63) is 72.3 Å². The van der Waals surface area contributed by atoms with Gasteiger partial charge in [-0.1, -0.05) is 12.1 Å². The molecule has 0 bridgehead atoms. The number of amides is 3. The molecule has 32 heavy (non-hydrogen) atoms. The summed E-state index contributed by atoms with van der Waals surface area (Å²) in [5.74, 6) is -0.0356. The molecule has 1 aliphatic heterocycles. The molecule has 9 heteroatoms. The Labute approximate surface area is 184 Å². The third-order valence-corrected chi connectivity index (χ3v) is 5.05. The quantitative estimate of drug-likeness (QED) is 0.530. The normalized spacial score (nSPS) is 13.3.